The quantitative estimate of drug-likeness (QED) is 0.739. The van der Waals surface area contributed by atoms with Crippen LogP contribution in [-0.4, -0.2) is 61.0 Å². The van der Waals surface area contributed by atoms with Gasteiger partial charge in [0.2, 0.25) is 5.91 Å². The predicted octanol–water partition coefficient (Wildman–Crippen LogP) is 1.95. The van der Waals surface area contributed by atoms with Gasteiger partial charge in [-0.25, -0.2) is 0 Å². The molecule has 0 saturated carbocycles. The summed E-state index contributed by atoms with van der Waals surface area (Å²) in [6.07, 6.45) is 2.97. The summed E-state index contributed by atoms with van der Waals surface area (Å²) in [6, 6.07) is 0.461. The van der Waals surface area contributed by atoms with E-state index < -0.39 is 0 Å². The fraction of sp³-hybridized carbons (Fsp3) is 0.938. The van der Waals surface area contributed by atoms with Crippen LogP contribution in [-0.2, 0) is 4.79 Å². The number of carbonyl (C=O) groups excluding carboxylic acids is 1. The lowest BCUT2D eigenvalue weighted by Crippen LogP contribution is -2.42. The van der Waals surface area contributed by atoms with Crippen LogP contribution >= 0.6 is 0 Å². The Morgan fingerprint density at radius 2 is 1.85 bits per heavy atom. The van der Waals surface area contributed by atoms with E-state index in [1.54, 1.807) is 0 Å². The number of carbonyl (C=O) groups is 1. The molecule has 0 radical (unpaired) electrons. The summed E-state index contributed by atoms with van der Waals surface area (Å²) in [5, 5.41) is 3.31. The van der Waals surface area contributed by atoms with Crippen molar-refractivity contribution >= 4 is 5.91 Å². The van der Waals surface area contributed by atoms with Gasteiger partial charge in [0, 0.05) is 38.6 Å². The van der Waals surface area contributed by atoms with Crippen LogP contribution in [0.5, 0.6) is 0 Å². The molecule has 4 nitrogen and oxygen atoms in total. The molecule has 1 aliphatic heterocycles. The molecule has 1 fully saturated rings. The van der Waals surface area contributed by atoms with Crippen LogP contribution in [0.4, 0.5) is 0 Å². The Kier molecular flexibility index (Phi) is 8.15. The van der Waals surface area contributed by atoms with Crippen molar-refractivity contribution in [3.63, 3.8) is 0 Å². The highest BCUT2D eigenvalue weighted by molar-refractivity contribution is 5.76. The van der Waals surface area contributed by atoms with Crippen LogP contribution in [0, 0.1) is 5.92 Å². The summed E-state index contributed by atoms with van der Waals surface area (Å²) in [4.78, 5) is 16.6. The molecule has 0 aromatic rings. The third-order valence-electron chi connectivity index (χ3n) is 4.27. The monoisotopic (exact) mass is 283 g/mol. The lowest BCUT2D eigenvalue weighted by atomic mass is 9.96. The van der Waals surface area contributed by atoms with Gasteiger partial charge in [0.25, 0.3) is 0 Å². The van der Waals surface area contributed by atoms with Gasteiger partial charge in [-0.1, -0.05) is 27.7 Å². The number of nitrogens with zero attached hydrogens (tertiary/aromatic N) is 2. The zero-order chi connectivity index (χ0) is 15.0. The predicted molar refractivity (Wildman–Crippen MR) is 84.8 cm³/mol. The zero-order valence-corrected chi connectivity index (χ0v) is 13.8. The Balaban J connectivity index is 2.22. The first-order valence-electron chi connectivity index (χ1n) is 8.30. The van der Waals surface area contributed by atoms with Crippen LogP contribution in [0.15, 0.2) is 0 Å². The van der Waals surface area contributed by atoms with Crippen LogP contribution in [0.1, 0.15) is 47.0 Å². The van der Waals surface area contributed by atoms with E-state index in [-0.39, 0.29) is 0 Å². The third-order valence-corrected chi connectivity index (χ3v) is 4.27. The zero-order valence-electron chi connectivity index (χ0n) is 13.8. The second kappa shape index (κ2) is 9.35. The molecule has 0 atom stereocenters. The highest BCUT2D eigenvalue weighted by Gasteiger charge is 2.23. The first-order valence-corrected chi connectivity index (χ1v) is 8.30. The normalized spacial score (nSPS) is 17.2. The maximum atomic E-state index is 12.1. The van der Waals surface area contributed by atoms with Crippen LogP contribution < -0.4 is 5.32 Å². The fourth-order valence-electron chi connectivity index (χ4n) is 2.84. The Labute approximate surface area is 124 Å². The molecule has 1 rings (SSSR count). The van der Waals surface area contributed by atoms with E-state index in [1.807, 2.05) is 0 Å². The van der Waals surface area contributed by atoms with Gasteiger partial charge < -0.3 is 15.1 Å². The topological polar surface area (TPSA) is 35.6 Å². The summed E-state index contributed by atoms with van der Waals surface area (Å²) < 4.78 is 0. The van der Waals surface area contributed by atoms with Gasteiger partial charge in [0.15, 0.2) is 0 Å². The van der Waals surface area contributed by atoms with Gasteiger partial charge in [0.1, 0.15) is 0 Å². The molecule has 4 heteroatoms. The van der Waals surface area contributed by atoms with Gasteiger partial charge in [-0.05, 0) is 31.8 Å². The second-order valence-electron chi connectivity index (χ2n) is 6.17. The van der Waals surface area contributed by atoms with Crippen molar-refractivity contribution in [3.05, 3.63) is 0 Å². The van der Waals surface area contributed by atoms with Gasteiger partial charge >= 0.3 is 0 Å². The molecule has 1 saturated heterocycles. The van der Waals surface area contributed by atoms with Crippen molar-refractivity contribution in [2.45, 2.75) is 53.0 Å². The molecular formula is C16H33N3O. The molecule has 0 aliphatic carbocycles. The standard InChI is InChI=1S/C16H33N3O/c1-5-18(6-2)13-15-8-11-19(12-9-15)16(20)7-10-17-14(3)4/h14-15,17H,5-13H2,1-4H3. The summed E-state index contributed by atoms with van der Waals surface area (Å²) in [7, 11) is 0. The van der Waals surface area contributed by atoms with Gasteiger partial charge in [-0.3, -0.25) is 4.79 Å². The largest absolute Gasteiger partial charge is 0.343 e. The average molecular weight is 283 g/mol. The smallest absolute Gasteiger partial charge is 0.223 e. The molecule has 20 heavy (non-hydrogen) atoms. The Morgan fingerprint density at radius 3 is 2.35 bits per heavy atom. The van der Waals surface area contributed by atoms with E-state index in [2.05, 4.69) is 42.8 Å². The summed E-state index contributed by atoms with van der Waals surface area (Å²) in [5.41, 5.74) is 0. The van der Waals surface area contributed by atoms with Crippen LogP contribution in [0.25, 0.3) is 0 Å². The summed E-state index contributed by atoms with van der Waals surface area (Å²) >= 11 is 0. The van der Waals surface area contributed by atoms with Crippen molar-refractivity contribution in [2.75, 3.05) is 39.3 Å². The summed E-state index contributed by atoms with van der Waals surface area (Å²) in [6.45, 7) is 14.9. The molecule has 0 aromatic heterocycles. The molecule has 1 heterocycles. The minimum Gasteiger partial charge on any atom is -0.343 e. The number of amides is 1. The number of rotatable bonds is 8. The van der Waals surface area contributed by atoms with Gasteiger partial charge in [-0.15, -0.1) is 0 Å². The van der Waals surface area contributed by atoms with E-state index in [0.717, 1.165) is 38.6 Å². The molecule has 0 bridgehead atoms. The van der Waals surface area contributed by atoms with Crippen molar-refractivity contribution in [3.8, 4) is 0 Å². The molecule has 0 spiro atoms. The fourth-order valence-corrected chi connectivity index (χ4v) is 2.84. The maximum absolute atomic E-state index is 12.1. The highest BCUT2D eigenvalue weighted by atomic mass is 16.2. The first-order chi connectivity index (χ1) is 9.56. The van der Waals surface area contributed by atoms with Gasteiger partial charge in [-0.2, -0.15) is 0 Å². The first kappa shape index (κ1) is 17.4. The average Bonchev–Trinajstić information content (AvgIpc) is 2.44. The van der Waals surface area contributed by atoms with Crippen molar-refractivity contribution in [1.82, 2.24) is 15.1 Å². The molecule has 118 valence electrons. The number of likely N-dealkylation sites (tertiary alicyclic amines) is 1. The minimum absolute atomic E-state index is 0.319. The SMILES string of the molecule is CCN(CC)CC1CCN(C(=O)CCNC(C)C)CC1. The Morgan fingerprint density at radius 1 is 1.25 bits per heavy atom. The Bertz CT molecular complexity index is 269. The van der Waals surface area contributed by atoms with E-state index in [9.17, 15) is 4.79 Å². The molecule has 1 amide bonds. The number of hydrogen-bond donors (Lipinski definition) is 1. The molecule has 0 unspecified atom stereocenters. The lowest BCUT2D eigenvalue weighted by Gasteiger charge is -2.34. The molecular weight excluding hydrogens is 250 g/mol. The van der Waals surface area contributed by atoms with Gasteiger partial charge in [0.05, 0.1) is 0 Å². The number of nitrogens with one attached hydrogen (secondary N) is 1. The van der Waals surface area contributed by atoms with Crippen molar-refractivity contribution in [1.29, 1.82) is 0 Å². The lowest BCUT2D eigenvalue weighted by molar-refractivity contribution is -0.132. The molecule has 0 aromatic carbocycles. The summed E-state index contributed by atoms with van der Waals surface area (Å²) in [5.74, 6) is 1.09. The highest BCUT2D eigenvalue weighted by Crippen LogP contribution is 2.18. The molecule has 1 N–H and O–H groups in total. The molecule has 1 aliphatic rings. The van der Waals surface area contributed by atoms with Crippen LogP contribution in [0.3, 0.4) is 0 Å². The number of hydrogen-bond acceptors (Lipinski definition) is 3. The maximum Gasteiger partial charge on any atom is 0.223 e. The minimum atomic E-state index is 0.319. The Hall–Kier alpha value is -0.610. The third kappa shape index (κ3) is 6.23. The van der Waals surface area contributed by atoms with E-state index in [0.29, 0.717) is 18.4 Å². The number of piperidine rings is 1. The van der Waals surface area contributed by atoms with E-state index in [4.69, 9.17) is 0 Å². The van der Waals surface area contributed by atoms with Crippen molar-refractivity contribution < 1.29 is 4.79 Å². The van der Waals surface area contributed by atoms with Crippen LogP contribution in [0.2, 0.25) is 0 Å². The second-order valence-corrected chi connectivity index (χ2v) is 6.17. The van der Waals surface area contributed by atoms with E-state index >= 15 is 0 Å². The van der Waals surface area contributed by atoms with E-state index in [1.165, 1.54) is 19.4 Å². The van der Waals surface area contributed by atoms with Crippen molar-refractivity contribution in [2.24, 2.45) is 5.92 Å².